The normalized spacial score (nSPS) is 21.2. The van der Waals surface area contributed by atoms with Crippen LogP contribution in [0, 0.1) is 12.8 Å². The van der Waals surface area contributed by atoms with Crippen LogP contribution in [0.1, 0.15) is 17.1 Å². The third-order valence-corrected chi connectivity index (χ3v) is 4.41. The molecule has 1 aliphatic rings. The number of fused-ring (bicyclic) bond motifs is 1. The lowest BCUT2D eigenvalue weighted by atomic mass is 10.0. The predicted octanol–water partition coefficient (Wildman–Crippen LogP) is 1.71. The van der Waals surface area contributed by atoms with Crippen molar-refractivity contribution in [3.63, 3.8) is 0 Å². The van der Waals surface area contributed by atoms with E-state index < -0.39 is 0 Å². The molecule has 3 aromatic heterocycles. The van der Waals surface area contributed by atoms with Crippen molar-refractivity contribution >= 4 is 23.4 Å². The molecule has 2 atom stereocenters. The number of aliphatic hydroxyl groups is 1. The Bertz CT molecular complexity index is 818. The summed E-state index contributed by atoms with van der Waals surface area (Å²) in [6, 6.07) is 5.86. The lowest BCUT2D eigenvalue weighted by molar-refractivity contribution is 0.137. The van der Waals surface area contributed by atoms with Gasteiger partial charge in [-0.25, -0.2) is 4.98 Å². The van der Waals surface area contributed by atoms with Gasteiger partial charge in [0.2, 0.25) is 0 Å². The Morgan fingerprint density at radius 2 is 2.29 bits per heavy atom. The third kappa shape index (κ3) is 3.28. The van der Waals surface area contributed by atoms with Crippen molar-refractivity contribution in [2.45, 2.75) is 26.0 Å². The van der Waals surface area contributed by atoms with Crippen molar-refractivity contribution in [1.29, 1.82) is 0 Å². The number of likely N-dealkylation sites (tertiary alicyclic amines) is 1. The number of pyridine rings is 1. The van der Waals surface area contributed by atoms with Crippen LogP contribution in [0.25, 0.3) is 11.0 Å². The van der Waals surface area contributed by atoms with Crippen LogP contribution in [0.15, 0.2) is 28.9 Å². The average Bonchev–Trinajstić information content (AvgIpc) is 3.22. The summed E-state index contributed by atoms with van der Waals surface area (Å²) in [5.41, 5.74) is 2.65. The molecule has 8 heteroatoms. The van der Waals surface area contributed by atoms with E-state index in [-0.39, 0.29) is 24.4 Å². The monoisotopic (exact) mass is 349 g/mol. The molecule has 4 rings (SSSR count). The van der Waals surface area contributed by atoms with Crippen molar-refractivity contribution < 1.29 is 9.63 Å². The van der Waals surface area contributed by atoms with Crippen LogP contribution < -0.4 is 0 Å². The Balaban J connectivity index is 0.00000169. The van der Waals surface area contributed by atoms with Gasteiger partial charge in [0.25, 0.3) is 0 Å². The van der Waals surface area contributed by atoms with Gasteiger partial charge >= 0.3 is 0 Å². The van der Waals surface area contributed by atoms with Crippen LogP contribution in [0.5, 0.6) is 0 Å². The summed E-state index contributed by atoms with van der Waals surface area (Å²) in [5, 5.41) is 22.6. The number of H-pyrrole nitrogens is 1. The maximum Gasteiger partial charge on any atom is 0.181 e. The molecule has 1 fully saturated rings. The first kappa shape index (κ1) is 16.9. The van der Waals surface area contributed by atoms with Gasteiger partial charge in [-0.15, -0.1) is 12.4 Å². The zero-order chi connectivity index (χ0) is 15.8. The largest absolute Gasteiger partial charge is 0.391 e. The second-order valence-electron chi connectivity index (χ2n) is 6.24. The number of aryl methyl sites for hydroxylation is 1. The van der Waals surface area contributed by atoms with Crippen LogP contribution in [-0.2, 0) is 13.0 Å². The number of aromatic amines is 1. The summed E-state index contributed by atoms with van der Waals surface area (Å²) in [6.45, 7) is 4.10. The molecular formula is C16H20ClN5O2. The molecule has 0 bridgehead atoms. The summed E-state index contributed by atoms with van der Waals surface area (Å²) < 4.78 is 5.27. The minimum Gasteiger partial charge on any atom is -0.391 e. The molecule has 1 aliphatic heterocycles. The Kier molecular flexibility index (Phi) is 4.84. The molecule has 7 nitrogen and oxygen atoms in total. The van der Waals surface area contributed by atoms with Gasteiger partial charge in [0.1, 0.15) is 5.76 Å². The van der Waals surface area contributed by atoms with E-state index in [9.17, 15) is 5.11 Å². The number of halogens is 1. The van der Waals surface area contributed by atoms with Crippen LogP contribution in [-0.4, -0.2) is 49.5 Å². The lowest BCUT2D eigenvalue weighted by Crippen LogP contribution is -2.21. The molecule has 3 aromatic rings. The van der Waals surface area contributed by atoms with E-state index in [1.54, 1.807) is 6.20 Å². The first-order valence-electron chi connectivity index (χ1n) is 7.79. The molecule has 0 amide bonds. The lowest BCUT2D eigenvalue weighted by Gasteiger charge is -2.14. The van der Waals surface area contributed by atoms with Crippen molar-refractivity contribution in [3.05, 3.63) is 41.5 Å². The molecule has 1 saturated heterocycles. The number of aliphatic hydroxyl groups excluding tert-OH is 1. The number of aromatic nitrogens is 4. The van der Waals surface area contributed by atoms with Crippen molar-refractivity contribution in [2.24, 2.45) is 5.92 Å². The number of nitrogens with zero attached hydrogens (tertiary/aromatic N) is 4. The van der Waals surface area contributed by atoms with E-state index in [0.717, 1.165) is 41.3 Å². The highest BCUT2D eigenvalue weighted by Crippen LogP contribution is 2.24. The molecule has 0 aromatic carbocycles. The van der Waals surface area contributed by atoms with Crippen molar-refractivity contribution in [3.8, 4) is 0 Å². The van der Waals surface area contributed by atoms with Gasteiger partial charge in [-0.1, -0.05) is 5.16 Å². The summed E-state index contributed by atoms with van der Waals surface area (Å²) in [5.74, 6) is 0.999. The minimum atomic E-state index is -0.354. The smallest absolute Gasteiger partial charge is 0.181 e. The summed E-state index contributed by atoms with van der Waals surface area (Å²) in [6.07, 6.45) is 2.10. The second-order valence-corrected chi connectivity index (χ2v) is 6.24. The van der Waals surface area contributed by atoms with Crippen LogP contribution >= 0.6 is 12.4 Å². The number of rotatable bonds is 4. The molecule has 24 heavy (non-hydrogen) atoms. The zero-order valence-corrected chi connectivity index (χ0v) is 14.2. The Morgan fingerprint density at radius 3 is 3.08 bits per heavy atom. The summed E-state index contributed by atoms with van der Waals surface area (Å²) in [7, 11) is 0. The molecular weight excluding hydrogens is 330 g/mol. The topological polar surface area (TPSA) is 91.1 Å². The van der Waals surface area contributed by atoms with Gasteiger partial charge in [0.05, 0.1) is 17.5 Å². The first-order chi connectivity index (χ1) is 11.2. The van der Waals surface area contributed by atoms with Crippen LogP contribution in [0.4, 0.5) is 0 Å². The maximum atomic E-state index is 10.3. The first-order valence-corrected chi connectivity index (χ1v) is 7.79. The molecule has 0 unspecified atom stereocenters. The predicted molar refractivity (Wildman–Crippen MR) is 90.9 cm³/mol. The second kappa shape index (κ2) is 6.88. The molecule has 128 valence electrons. The van der Waals surface area contributed by atoms with E-state index in [2.05, 4.69) is 25.2 Å². The number of hydrogen-bond donors (Lipinski definition) is 2. The SMILES string of the molecule is Cc1cc(C[C@@H]2CN(Cc3[nH]nc4ncccc34)C[C@H]2O)on1.Cl. The fourth-order valence-corrected chi connectivity index (χ4v) is 3.29. The standard InChI is InChI=1S/C16H19N5O2.ClH/c1-10-5-12(23-20-10)6-11-7-21(9-15(11)22)8-14-13-3-2-4-17-16(13)19-18-14;/h2-5,11,15,22H,6-9H2,1H3,(H,17,18,19);1H/t11-,15-;/m1./s1. The quantitative estimate of drug-likeness (QED) is 0.745. The van der Waals surface area contributed by atoms with Gasteiger partial charge in [-0.05, 0) is 19.1 Å². The third-order valence-electron chi connectivity index (χ3n) is 4.41. The van der Waals surface area contributed by atoms with Crippen molar-refractivity contribution in [1.82, 2.24) is 25.2 Å². The van der Waals surface area contributed by atoms with E-state index in [1.807, 2.05) is 25.1 Å². The number of hydrogen-bond acceptors (Lipinski definition) is 6. The Morgan fingerprint density at radius 1 is 1.42 bits per heavy atom. The molecule has 0 spiro atoms. The zero-order valence-electron chi connectivity index (χ0n) is 13.3. The average molecular weight is 350 g/mol. The van der Waals surface area contributed by atoms with Gasteiger partial charge in [-0.3, -0.25) is 10.00 Å². The molecule has 0 aliphatic carbocycles. The number of nitrogens with one attached hydrogen (secondary N) is 1. The van der Waals surface area contributed by atoms with Gasteiger partial charge in [-0.2, -0.15) is 5.10 Å². The van der Waals surface area contributed by atoms with Gasteiger partial charge in [0, 0.05) is 49.6 Å². The summed E-state index contributed by atoms with van der Waals surface area (Å²) >= 11 is 0. The molecule has 4 heterocycles. The van der Waals surface area contributed by atoms with E-state index >= 15 is 0 Å². The van der Waals surface area contributed by atoms with Crippen molar-refractivity contribution in [2.75, 3.05) is 13.1 Å². The Hall–Kier alpha value is -1.96. The fourth-order valence-electron chi connectivity index (χ4n) is 3.29. The minimum absolute atomic E-state index is 0. The highest BCUT2D eigenvalue weighted by Gasteiger charge is 2.32. The summed E-state index contributed by atoms with van der Waals surface area (Å²) in [4.78, 5) is 6.47. The van der Waals surface area contributed by atoms with E-state index in [0.29, 0.717) is 13.0 Å². The highest BCUT2D eigenvalue weighted by molar-refractivity contribution is 5.85. The van der Waals surface area contributed by atoms with Crippen LogP contribution in [0.2, 0.25) is 0 Å². The van der Waals surface area contributed by atoms with E-state index in [4.69, 9.17) is 4.52 Å². The molecule has 2 N–H and O–H groups in total. The maximum absolute atomic E-state index is 10.3. The van der Waals surface area contributed by atoms with Gasteiger partial charge in [0.15, 0.2) is 5.65 Å². The van der Waals surface area contributed by atoms with E-state index in [1.165, 1.54) is 0 Å². The molecule has 0 saturated carbocycles. The number of β-amino-alcohol motifs (C(OH)–C–C–N with tert-alkyl or cyclic N) is 1. The van der Waals surface area contributed by atoms with Gasteiger partial charge < -0.3 is 9.63 Å². The highest BCUT2D eigenvalue weighted by atomic mass is 35.5. The Labute approximate surface area is 145 Å². The van der Waals surface area contributed by atoms with Crippen LogP contribution in [0.3, 0.4) is 0 Å². The fraction of sp³-hybridized carbons (Fsp3) is 0.438. The molecule has 0 radical (unpaired) electrons.